The van der Waals surface area contributed by atoms with Crippen molar-refractivity contribution < 1.29 is 14.6 Å². The second kappa shape index (κ2) is 6.38. The van der Waals surface area contributed by atoms with E-state index in [4.69, 9.17) is 10.00 Å². The van der Waals surface area contributed by atoms with Crippen molar-refractivity contribution in [2.75, 3.05) is 6.61 Å². The van der Waals surface area contributed by atoms with E-state index in [0.29, 0.717) is 27.8 Å². The minimum Gasteiger partial charge on any atom is -0.466 e. The molecule has 4 nitrogen and oxygen atoms in total. The Morgan fingerprint density at radius 1 is 1.53 bits per heavy atom. The summed E-state index contributed by atoms with van der Waals surface area (Å²) in [7, 11) is 0. The average molecular weight is 298 g/mol. The SMILES string of the molecule is CCOC(=O)Cc1c(C#N)ccc(Br)c1CO. The monoisotopic (exact) mass is 297 g/mol. The van der Waals surface area contributed by atoms with Gasteiger partial charge in [-0.05, 0) is 30.2 Å². The topological polar surface area (TPSA) is 70.3 Å². The molecular weight excluding hydrogens is 286 g/mol. The molecule has 1 aromatic rings. The van der Waals surface area contributed by atoms with Crippen LogP contribution in [-0.2, 0) is 22.6 Å². The molecule has 17 heavy (non-hydrogen) atoms. The van der Waals surface area contributed by atoms with Crippen LogP contribution >= 0.6 is 15.9 Å². The summed E-state index contributed by atoms with van der Waals surface area (Å²) in [6.45, 7) is 1.78. The third-order valence-electron chi connectivity index (χ3n) is 2.28. The highest BCUT2D eigenvalue weighted by Gasteiger charge is 2.15. The van der Waals surface area contributed by atoms with Gasteiger partial charge in [0.25, 0.3) is 0 Å². The van der Waals surface area contributed by atoms with Crippen LogP contribution in [0.1, 0.15) is 23.6 Å². The zero-order valence-corrected chi connectivity index (χ0v) is 11.0. The molecule has 0 heterocycles. The first-order valence-corrected chi connectivity index (χ1v) is 5.90. The third-order valence-corrected chi connectivity index (χ3v) is 3.02. The van der Waals surface area contributed by atoms with Gasteiger partial charge in [-0.25, -0.2) is 0 Å². The fourth-order valence-corrected chi connectivity index (χ4v) is 2.00. The highest BCUT2D eigenvalue weighted by atomic mass is 79.9. The zero-order valence-electron chi connectivity index (χ0n) is 9.36. The maximum absolute atomic E-state index is 11.4. The maximum atomic E-state index is 11.4. The standard InChI is InChI=1S/C12H12BrNO3/c1-2-17-12(16)5-9-8(6-14)3-4-11(13)10(9)7-15/h3-4,15H,2,5,7H2,1H3. The van der Waals surface area contributed by atoms with Gasteiger partial charge in [0.2, 0.25) is 0 Å². The van der Waals surface area contributed by atoms with Crippen LogP contribution in [0.5, 0.6) is 0 Å². The van der Waals surface area contributed by atoms with Gasteiger partial charge >= 0.3 is 5.97 Å². The summed E-state index contributed by atoms with van der Waals surface area (Å²) < 4.78 is 5.52. The van der Waals surface area contributed by atoms with Crippen molar-refractivity contribution in [3.8, 4) is 6.07 Å². The van der Waals surface area contributed by atoms with Crippen LogP contribution in [-0.4, -0.2) is 17.7 Å². The van der Waals surface area contributed by atoms with Crippen molar-refractivity contribution >= 4 is 21.9 Å². The number of carbonyl (C=O) groups is 1. The van der Waals surface area contributed by atoms with Gasteiger partial charge in [0.1, 0.15) is 0 Å². The number of aliphatic hydroxyl groups is 1. The first-order valence-electron chi connectivity index (χ1n) is 5.10. The lowest BCUT2D eigenvalue weighted by molar-refractivity contribution is -0.142. The Balaban J connectivity index is 3.15. The lowest BCUT2D eigenvalue weighted by Gasteiger charge is -2.10. The Hall–Kier alpha value is -1.38. The first-order chi connectivity index (χ1) is 8.13. The van der Waals surface area contributed by atoms with E-state index in [0.717, 1.165) is 0 Å². The summed E-state index contributed by atoms with van der Waals surface area (Å²) in [5.74, 6) is -0.406. The number of nitriles is 1. The van der Waals surface area contributed by atoms with Crippen LogP contribution in [0.2, 0.25) is 0 Å². The molecule has 0 aliphatic rings. The van der Waals surface area contributed by atoms with Crippen LogP contribution in [0.4, 0.5) is 0 Å². The van der Waals surface area contributed by atoms with Gasteiger partial charge in [-0.2, -0.15) is 5.26 Å². The Morgan fingerprint density at radius 3 is 2.76 bits per heavy atom. The molecule has 0 unspecified atom stereocenters. The quantitative estimate of drug-likeness (QED) is 0.862. The summed E-state index contributed by atoms with van der Waals surface area (Å²) in [6.07, 6.45) is -0.00787. The Labute approximate surface area is 108 Å². The Morgan fingerprint density at radius 2 is 2.24 bits per heavy atom. The van der Waals surface area contributed by atoms with Crippen molar-refractivity contribution in [3.63, 3.8) is 0 Å². The highest BCUT2D eigenvalue weighted by molar-refractivity contribution is 9.10. The number of esters is 1. The molecule has 0 spiro atoms. The summed E-state index contributed by atoms with van der Waals surface area (Å²) in [6, 6.07) is 5.29. The molecule has 0 saturated carbocycles. The number of hydrogen-bond donors (Lipinski definition) is 1. The van der Waals surface area contributed by atoms with E-state index in [1.165, 1.54) is 0 Å². The van der Waals surface area contributed by atoms with Crippen molar-refractivity contribution in [2.24, 2.45) is 0 Å². The smallest absolute Gasteiger partial charge is 0.310 e. The van der Waals surface area contributed by atoms with Gasteiger partial charge in [0.05, 0.1) is 31.3 Å². The molecule has 0 atom stereocenters. The van der Waals surface area contributed by atoms with E-state index in [2.05, 4.69) is 15.9 Å². The number of benzene rings is 1. The Kier molecular flexibility index (Phi) is 5.13. The third kappa shape index (κ3) is 3.29. The molecule has 0 saturated heterocycles. The molecule has 0 aliphatic carbocycles. The van der Waals surface area contributed by atoms with Gasteiger partial charge in [-0.3, -0.25) is 4.79 Å². The number of ether oxygens (including phenoxy) is 1. The van der Waals surface area contributed by atoms with Gasteiger partial charge in [0, 0.05) is 4.47 Å². The van der Waals surface area contributed by atoms with Crippen LogP contribution < -0.4 is 0 Å². The largest absolute Gasteiger partial charge is 0.466 e. The van der Waals surface area contributed by atoms with Gasteiger partial charge < -0.3 is 9.84 Å². The van der Waals surface area contributed by atoms with Crippen LogP contribution in [0.25, 0.3) is 0 Å². The van der Waals surface area contributed by atoms with E-state index < -0.39 is 5.97 Å². The van der Waals surface area contributed by atoms with E-state index in [-0.39, 0.29) is 13.0 Å². The molecule has 90 valence electrons. The molecule has 0 amide bonds. The van der Waals surface area contributed by atoms with Crippen molar-refractivity contribution in [2.45, 2.75) is 20.0 Å². The van der Waals surface area contributed by atoms with Crippen molar-refractivity contribution in [3.05, 3.63) is 33.3 Å². The highest BCUT2D eigenvalue weighted by Crippen LogP contribution is 2.24. The number of aliphatic hydroxyl groups excluding tert-OH is 1. The first kappa shape index (κ1) is 13.7. The van der Waals surface area contributed by atoms with Crippen LogP contribution in [0, 0.1) is 11.3 Å². The number of carbonyl (C=O) groups excluding carboxylic acids is 1. The number of nitrogens with zero attached hydrogens (tertiary/aromatic N) is 1. The predicted octanol–water partition coefficient (Wildman–Crippen LogP) is 1.92. The lowest BCUT2D eigenvalue weighted by Crippen LogP contribution is -2.11. The van der Waals surface area contributed by atoms with Crippen molar-refractivity contribution in [1.29, 1.82) is 5.26 Å². The molecule has 1 N–H and O–H groups in total. The summed E-state index contributed by atoms with van der Waals surface area (Å²) >= 11 is 3.28. The molecular formula is C12H12BrNO3. The fourth-order valence-electron chi connectivity index (χ4n) is 1.50. The van der Waals surface area contributed by atoms with Gasteiger partial charge in [-0.1, -0.05) is 15.9 Å². The Bertz CT molecular complexity index is 466. The van der Waals surface area contributed by atoms with E-state index in [1.807, 2.05) is 6.07 Å². The number of rotatable bonds is 4. The van der Waals surface area contributed by atoms with Gasteiger partial charge in [0.15, 0.2) is 0 Å². The second-order valence-electron chi connectivity index (χ2n) is 3.30. The molecule has 0 aromatic heterocycles. The molecule has 0 fully saturated rings. The second-order valence-corrected chi connectivity index (χ2v) is 4.16. The molecule has 1 rings (SSSR count). The lowest BCUT2D eigenvalue weighted by atomic mass is 9.99. The summed E-state index contributed by atoms with van der Waals surface area (Å²) in [5.41, 5.74) is 1.45. The average Bonchev–Trinajstić information content (AvgIpc) is 2.30. The van der Waals surface area contributed by atoms with Crippen LogP contribution in [0.3, 0.4) is 0 Å². The molecule has 0 bridgehead atoms. The zero-order chi connectivity index (χ0) is 12.8. The van der Waals surface area contributed by atoms with Gasteiger partial charge in [-0.15, -0.1) is 0 Å². The molecule has 0 aliphatic heterocycles. The summed E-state index contributed by atoms with van der Waals surface area (Å²) in [4.78, 5) is 11.4. The minimum absolute atomic E-state index is 0.00787. The van der Waals surface area contributed by atoms with E-state index in [1.54, 1.807) is 19.1 Å². The molecule has 1 aromatic carbocycles. The number of halogens is 1. The fraction of sp³-hybridized carbons (Fsp3) is 0.333. The minimum atomic E-state index is -0.406. The predicted molar refractivity (Wildman–Crippen MR) is 65.1 cm³/mol. The normalized spacial score (nSPS) is 9.76. The summed E-state index contributed by atoms with van der Waals surface area (Å²) in [5, 5.41) is 18.2. The van der Waals surface area contributed by atoms with Crippen molar-refractivity contribution in [1.82, 2.24) is 0 Å². The number of hydrogen-bond acceptors (Lipinski definition) is 4. The molecule has 0 radical (unpaired) electrons. The maximum Gasteiger partial charge on any atom is 0.310 e. The van der Waals surface area contributed by atoms with E-state index in [9.17, 15) is 9.90 Å². The molecule has 5 heteroatoms. The van der Waals surface area contributed by atoms with Crippen LogP contribution in [0.15, 0.2) is 16.6 Å². The van der Waals surface area contributed by atoms with E-state index >= 15 is 0 Å².